The van der Waals surface area contributed by atoms with E-state index in [1.165, 1.54) is 0 Å². The number of hydrogen-bond acceptors (Lipinski definition) is 0. The van der Waals surface area contributed by atoms with E-state index in [4.69, 9.17) is 6.42 Å². The molecule has 0 unspecified atom stereocenters. The summed E-state index contributed by atoms with van der Waals surface area (Å²) in [4.78, 5) is 0. The highest BCUT2D eigenvalue weighted by Crippen LogP contribution is 2.31. The molecular weight excluding hydrogens is 276 g/mol. The summed E-state index contributed by atoms with van der Waals surface area (Å²) >= 11 is 9.04. The Labute approximate surface area is 62.1 Å². The van der Waals surface area contributed by atoms with E-state index in [0.717, 1.165) is 0 Å². The molecule has 0 amide bonds. The van der Waals surface area contributed by atoms with Crippen molar-refractivity contribution in [2.75, 3.05) is 0 Å². The molecule has 0 aromatic heterocycles. The lowest BCUT2D eigenvalue weighted by molar-refractivity contribution is 1.78. The van der Waals surface area contributed by atoms with Crippen molar-refractivity contribution in [1.82, 2.24) is 0 Å². The lowest BCUT2D eigenvalue weighted by atomic mass is 10.8. The van der Waals surface area contributed by atoms with Gasteiger partial charge in [0.05, 0.1) is 0 Å². The fraction of sp³-hybridized carbons (Fsp3) is 0.333. The monoisotopic (exact) mass is 273 g/mol. The van der Waals surface area contributed by atoms with E-state index in [1.54, 1.807) is 0 Å². The van der Waals surface area contributed by atoms with Crippen LogP contribution in [-0.2, 0) is 0 Å². The molecule has 0 aromatic rings. The van der Waals surface area contributed by atoms with Gasteiger partial charge in [0.2, 0.25) is 0 Å². The highest BCUT2D eigenvalue weighted by molar-refractivity contribution is 9.39. The summed E-state index contributed by atoms with van der Waals surface area (Å²) in [6, 6.07) is 0. The van der Waals surface area contributed by atoms with Gasteiger partial charge in [0.1, 0.15) is 0 Å². The van der Waals surface area contributed by atoms with Crippen LogP contribution in [0.5, 0.6) is 0 Å². The molecule has 0 aliphatic rings. The Bertz CT molecular complexity index is 73.0. The molecule has 0 heterocycles. The van der Waals surface area contributed by atoms with Crippen molar-refractivity contribution in [2.45, 2.75) is 2.14 Å². The van der Waals surface area contributed by atoms with Gasteiger partial charge in [-0.2, -0.15) is 0 Å². The molecule has 33 valence electrons. The first kappa shape index (κ1) is 7.00. The van der Waals surface area contributed by atoms with Gasteiger partial charge in [-0.25, -0.2) is 0 Å². The molecular formula is C3Br3. The molecule has 0 nitrogen and oxygen atoms in total. The molecule has 0 atom stereocenters. The minimum Gasteiger partial charge on any atom is -0.0471 e. The SMILES string of the molecule is [C]#CC(Br)(Br)Br. The molecule has 0 aliphatic heterocycles. The molecule has 0 spiro atoms. The molecule has 0 aliphatic carbocycles. The summed E-state index contributed by atoms with van der Waals surface area (Å²) in [7, 11) is 0. The molecule has 0 bridgehead atoms. The van der Waals surface area contributed by atoms with Crippen molar-refractivity contribution in [1.29, 1.82) is 0 Å². The Morgan fingerprint density at radius 2 is 1.50 bits per heavy atom. The highest BCUT2D eigenvalue weighted by Gasteiger charge is 2.10. The summed E-state index contributed by atoms with van der Waals surface area (Å²) in [6.07, 6.45) is 6.46. The van der Waals surface area contributed by atoms with Crippen LogP contribution in [0.4, 0.5) is 0 Å². The molecule has 3 heteroatoms. The minimum absolute atomic E-state index is 0.604. The van der Waals surface area contributed by atoms with Crippen molar-refractivity contribution in [3.63, 3.8) is 0 Å². The summed E-state index contributed by atoms with van der Waals surface area (Å²) < 4.78 is -0.604. The van der Waals surface area contributed by atoms with Crippen molar-refractivity contribution in [3.8, 4) is 5.92 Å². The highest BCUT2D eigenvalue weighted by atomic mass is 80.0. The second kappa shape index (κ2) is 2.34. The lowest BCUT2D eigenvalue weighted by Gasteiger charge is -1.95. The van der Waals surface area contributed by atoms with E-state index in [0.29, 0.717) is 0 Å². The van der Waals surface area contributed by atoms with Crippen molar-refractivity contribution < 1.29 is 0 Å². The van der Waals surface area contributed by atoms with Gasteiger partial charge in [-0.1, -0.05) is 0 Å². The van der Waals surface area contributed by atoms with E-state index in [9.17, 15) is 0 Å². The van der Waals surface area contributed by atoms with Crippen LogP contribution >= 0.6 is 47.8 Å². The van der Waals surface area contributed by atoms with Crippen molar-refractivity contribution in [2.24, 2.45) is 0 Å². The normalized spacial score (nSPS) is 10.3. The zero-order valence-corrected chi connectivity index (χ0v) is 7.39. The first-order valence-corrected chi connectivity index (χ1v) is 3.45. The maximum Gasteiger partial charge on any atom is 0.195 e. The Balaban J connectivity index is 3.55. The van der Waals surface area contributed by atoms with Gasteiger partial charge in [-0.15, -0.1) is 0 Å². The van der Waals surface area contributed by atoms with E-state index in [2.05, 4.69) is 53.7 Å². The zero-order chi connectivity index (χ0) is 5.21. The van der Waals surface area contributed by atoms with Gasteiger partial charge < -0.3 is 0 Å². The minimum atomic E-state index is -0.604. The molecule has 0 rings (SSSR count). The van der Waals surface area contributed by atoms with Crippen LogP contribution in [0.25, 0.3) is 0 Å². The molecule has 0 saturated carbocycles. The standard InChI is InChI=1S/C3Br3/c1-2-3(4,5)6. The van der Waals surface area contributed by atoms with Crippen LogP contribution in [0.1, 0.15) is 0 Å². The lowest BCUT2D eigenvalue weighted by Crippen LogP contribution is -1.88. The first-order valence-electron chi connectivity index (χ1n) is 1.07. The van der Waals surface area contributed by atoms with Crippen molar-refractivity contribution >= 4 is 47.8 Å². The maximum absolute atomic E-state index is 6.46. The van der Waals surface area contributed by atoms with E-state index in [1.807, 2.05) is 0 Å². The Morgan fingerprint density at radius 3 is 1.50 bits per heavy atom. The molecule has 0 N–H and O–H groups in total. The third-order valence-electron chi connectivity index (χ3n) is 0.142. The number of alkyl halides is 3. The fourth-order valence-corrected chi connectivity index (χ4v) is 0. The maximum atomic E-state index is 6.46. The summed E-state index contributed by atoms with van der Waals surface area (Å²) in [5.74, 6) is 2.10. The Morgan fingerprint density at radius 1 is 1.33 bits per heavy atom. The summed E-state index contributed by atoms with van der Waals surface area (Å²) in [5.41, 5.74) is 0. The van der Waals surface area contributed by atoms with Crippen LogP contribution in [0.2, 0.25) is 0 Å². The molecule has 6 heavy (non-hydrogen) atoms. The average Bonchev–Trinajstić information content (AvgIpc) is 1.35. The number of hydrogen-bond donors (Lipinski definition) is 0. The fourth-order valence-electron chi connectivity index (χ4n) is 0. The smallest absolute Gasteiger partial charge is 0.0471 e. The average molecular weight is 276 g/mol. The molecule has 0 aromatic carbocycles. The van der Waals surface area contributed by atoms with Crippen LogP contribution in [0.15, 0.2) is 0 Å². The largest absolute Gasteiger partial charge is 0.195 e. The summed E-state index contributed by atoms with van der Waals surface area (Å²) in [6.45, 7) is 0. The first-order chi connectivity index (χ1) is 2.56. The third-order valence-corrected chi connectivity index (χ3v) is 0.736. The van der Waals surface area contributed by atoms with Gasteiger partial charge in [0.25, 0.3) is 0 Å². The van der Waals surface area contributed by atoms with Gasteiger partial charge >= 0.3 is 0 Å². The van der Waals surface area contributed by atoms with Crippen LogP contribution in [0.3, 0.4) is 0 Å². The van der Waals surface area contributed by atoms with Crippen LogP contribution in [0, 0.1) is 12.3 Å². The second-order valence-corrected chi connectivity index (χ2v) is 7.38. The topological polar surface area (TPSA) is 0 Å². The van der Waals surface area contributed by atoms with Gasteiger partial charge in [-0.05, 0) is 60.1 Å². The van der Waals surface area contributed by atoms with E-state index in [-0.39, 0.29) is 0 Å². The van der Waals surface area contributed by atoms with Gasteiger partial charge in [-0.3, -0.25) is 0 Å². The molecule has 0 fully saturated rings. The van der Waals surface area contributed by atoms with E-state index >= 15 is 0 Å². The molecule has 0 saturated heterocycles. The number of halogens is 3. The zero-order valence-electron chi connectivity index (χ0n) is 2.63. The van der Waals surface area contributed by atoms with Crippen LogP contribution < -0.4 is 0 Å². The van der Waals surface area contributed by atoms with Crippen LogP contribution in [-0.4, -0.2) is 2.14 Å². The van der Waals surface area contributed by atoms with Gasteiger partial charge in [0.15, 0.2) is 2.14 Å². The molecule has 1 radical (unpaired) electrons. The number of rotatable bonds is 0. The predicted molar refractivity (Wildman–Crippen MR) is 36.6 cm³/mol. The van der Waals surface area contributed by atoms with E-state index < -0.39 is 2.14 Å². The van der Waals surface area contributed by atoms with Gasteiger partial charge in [0, 0.05) is 0 Å². The Kier molecular flexibility index (Phi) is 2.73. The second-order valence-electron chi connectivity index (χ2n) is 0.623. The third kappa shape index (κ3) is 5.00. The Hall–Kier alpha value is 1.00. The van der Waals surface area contributed by atoms with Crippen molar-refractivity contribution in [3.05, 3.63) is 6.42 Å². The predicted octanol–water partition coefficient (Wildman–Crippen LogP) is 2.41. The summed E-state index contributed by atoms with van der Waals surface area (Å²) in [5, 5.41) is 0. The quantitative estimate of drug-likeness (QED) is 0.470.